The van der Waals surface area contributed by atoms with E-state index in [1.165, 1.54) is 19.3 Å². The van der Waals surface area contributed by atoms with E-state index in [0.29, 0.717) is 23.4 Å². The van der Waals surface area contributed by atoms with E-state index in [1.54, 1.807) is 7.05 Å². The van der Waals surface area contributed by atoms with E-state index in [9.17, 15) is 18.0 Å². The molecule has 0 radical (unpaired) electrons. The van der Waals surface area contributed by atoms with Crippen molar-refractivity contribution < 1.29 is 18.0 Å². The number of alkyl halides is 3. The van der Waals surface area contributed by atoms with Gasteiger partial charge in [0, 0.05) is 33.2 Å². The minimum absolute atomic E-state index is 0.229. The third-order valence-electron chi connectivity index (χ3n) is 4.38. The summed E-state index contributed by atoms with van der Waals surface area (Å²) in [6.07, 6.45) is 0.452. The first-order valence-electron chi connectivity index (χ1n) is 8.76. The molecule has 1 unspecified atom stereocenters. The van der Waals surface area contributed by atoms with E-state index < -0.39 is 18.6 Å². The third kappa shape index (κ3) is 8.42. The van der Waals surface area contributed by atoms with Crippen molar-refractivity contribution in [3.05, 3.63) is 0 Å². The van der Waals surface area contributed by atoms with Gasteiger partial charge in [0.1, 0.15) is 6.54 Å². The Morgan fingerprint density at radius 3 is 2.64 bits per heavy atom. The number of aliphatic imine (C=N–C) groups is 1. The molecule has 6 nitrogen and oxygen atoms in total. The number of hydrogen-bond donors (Lipinski definition) is 2. The zero-order chi connectivity index (χ0) is 18.9. The molecule has 2 N–H and O–H groups in total. The topological polar surface area (TPSA) is 60.0 Å². The number of rotatable bonds is 7. The molecule has 0 aliphatic carbocycles. The van der Waals surface area contributed by atoms with Crippen molar-refractivity contribution in [2.75, 3.05) is 46.8 Å². The zero-order valence-corrected chi connectivity index (χ0v) is 15.3. The van der Waals surface area contributed by atoms with Gasteiger partial charge in [0.05, 0.1) is 6.54 Å². The number of halogens is 3. The number of nitrogens with one attached hydrogen (secondary N) is 2. The van der Waals surface area contributed by atoms with Crippen molar-refractivity contribution in [2.24, 2.45) is 4.99 Å². The van der Waals surface area contributed by atoms with Crippen molar-refractivity contribution in [1.82, 2.24) is 20.4 Å². The maximum Gasteiger partial charge on any atom is 0.406 e. The van der Waals surface area contributed by atoms with Gasteiger partial charge in [-0.25, -0.2) is 0 Å². The number of likely N-dealkylation sites (tertiary alicyclic amines) is 1. The molecule has 0 spiro atoms. The highest BCUT2D eigenvalue weighted by molar-refractivity contribution is 5.86. The Morgan fingerprint density at radius 1 is 1.32 bits per heavy atom. The van der Waals surface area contributed by atoms with Gasteiger partial charge in [-0.1, -0.05) is 13.3 Å². The molecule has 9 heteroatoms. The third-order valence-corrected chi connectivity index (χ3v) is 4.38. The summed E-state index contributed by atoms with van der Waals surface area (Å²) in [5, 5.41) is 5.87. The van der Waals surface area contributed by atoms with Crippen molar-refractivity contribution >= 4 is 11.9 Å². The van der Waals surface area contributed by atoms with E-state index in [2.05, 4.69) is 27.4 Å². The lowest BCUT2D eigenvalue weighted by Gasteiger charge is -2.35. The molecular formula is C16H30F3N5O. The van der Waals surface area contributed by atoms with Crippen LogP contribution in [0.15, 0.2) is 4.99 Å². The molecule has 1 fully saturated rings. The van der Waals surface area contributed by atoms with Crippen molar-refractivity contribution in [3.8, 4) is 0 Å². The average Bonchev–Trinajstić information content (AvgIpc) is 2.56. The quantitative estimate of drug-likeness (QED) is 0.529. The first-order chi connectivity index (χ1) is 11.8. The molecule has 0 aromatic heterocycles. The fourth-order valence-corrected chi connectivity index (χ4v) is 3.01. The van der Waals surface area contributed by atoms with Crippen LogP contribution in [0, 0.1) is 0 Å². The summed E-state index contributed by atoms with van der Waals surface area (Å²) in [7, 11) is 2.70. The molecule has 1 amide bonds. The van der Waals surface area contributed by atoms with E-state index in [4.69, 9.17) is 0 Å². The maximum atomic E-state index is 12.3. The zero-order valence-electron chi connectivity index (χ0n) is 15.3. The molecule has 0 bridgehead atoms. The van der Waals surface area contributed by atoms with E-state index in [0.717, 1.165) is 26.6 Å². The second-order valence-corrected chi connectivity index (χ2v) is 6.31. The number of piperidine rings is 1. The first-order valence-corrected chi connectivity index (χ1v) is 8.76. The van der Waals surface area contributed by atoms with Crippen LogP contribution in [0.1, 0.15) is 32.6 Å². The molecule has 1 aliphatic rings. The normalized spacial score (nSPS) is 19.6. The Bertz CT molecular complexity index is 442. The van der Waals surface area contributed by atoms with Gasteiger partial charge in [-0.15, -0.1) is 0 Å². The lowest BCUT2D eigenvalue weighted by atomic mass is 10.0. The predicted octanol–water partition coefficient (Wildman–Crippen LogP) is 1.44. The van der Waals surface area contributed by atoms with E-state index >= 15 is 0 Å². The van der Waals surface area contributed by atoms with Gasteiger partial charge in [0.25, 0.3) is 0 Å². The number of carbonyl (C=O) groups is 1. The average molecular weight is 365 g/mol. The van der Waals surface area contributed by atoms with Crippen molar-refractivity contribution in [3.63, 3.8) is 0 Å². The van der Waals surface area contributed by atoms with Crippen LogP contribution in [-0.4, -0.2) is 80.7 Å². The second kappa shape index (κ2) is 10.5. The molecule has 1 atom stereocenters. The first kappa shape index (κ1) is 21.5. The highest BCUT2D eigenvalue weighted by Gasteiger charge is 2.31. The van der Waals surface area contributed by atoms with E-state index in [1.807, 2.05) is 0 Å². The number of amides is 1. The lowest BCUT2D eigenvalue weighted by molar-refractivity contribution is -0.157. The van der Waals surface area contributed by atoms with Gasteiger partial charge in [-0.3, -0.25) is 14.7 Å². The largest absolute Gasteiger partial charge is 0.406 e. The molecule has 0 aromatic carbocycles. The smallest absolute Gasteiger partial charge is 0.355 e. The second-order valence-electron chi connectivity index (χ2n) is 6.31. The van der Waals surface area contributed by atoms with Gasteiger partial charge < -0.3 is 15.5 Å². The fourth-order valence-electron chi connectivity index (χ4n) is 3.01. The number of nitrogens with zero attached hydrogens (tertiary/aromatic N) is 3. The molecule has 146 valence electrons. The summed E-state index contributed by atoms with van der Waals surface area (Å²) < 4.78 is 36.8. The van der Waals surface area contributed by atoms with E-state index in [-0.39, 0.29) is 6.54 Å². The molecule has 0 saturated carbocycles. The molecule has 1 aliphatic heterocycles. The minimum atomic E-state index is -4.39. The summed E-state index contributed by atoms with van der Waals surface area (Å²) in [5.74, 6) is -0.221. The summed E-state index contributed by atoms with van der Waals surface area (Å²) >= 11 is 0. The van der Waals surface area contributed by atoms with Gasteiger partial charge >= 0.3 is 6.18 Å². The molecule has 1 heterocycles. The van der Waals surface area contributed by atoms with Gasteiger partial charge in [-0.05, 0) is 25.8 Å². The van der Waals surface area contributed by atoms with Crippen LogP contribution in [-0.2, 0) is 4.79 Å². The highest BCUT2D eigenvalue weighted by Crippen LogP contribution is 2.18. The standard InChI is InChI=1S/C16H30F3N5O/c1-4-13-7-5-6-9-24(13)10-8-21-15(20-2)22-11-14(25)23(3)12-16(17,18)19/h13H,4-12H2,1-3H3,(H2,20,21,22). The fraction of sp³-hybridized carbons (Fsp3) is 0.875. The SMILES string of the molecule is CCC1CCCCN1CCNC(=NC)NCC(=O)N(C)CC(F)(F)F. The predicted molar refractivity (Wildman–Crippen MR) is 92.6 cm³/mol. The van der Waals surface area contributed by atoms with Crippen LogP contribution < -0.4 is 10.6 Å². The summed E-state index contributed by atoms with van der Waals surface area (Å²) in [4.78, 5) is 18.8. The van der Waals surface area contributed by atoms with Crippen LogP contribution >= 0.6 is 0 Å². The Hall–Kier alpha value is -1.51. The Labute approximate surface area is 147 Å². The summed E-state index contributed by atoms with van der Waals surface area (Å²) in [6, 6.07) is 0.614. The number of guanidine groups is 1. The van der Waals surface area contributed by atoms with Crippen molar-refractivity contribution in [2.45, 2.75) is 44.8 Å². The van der Waals surface area contributed by atoms with Crippen LogP contribution in [0.2, 0.25) is 0 Å². The number of likely N-dealkylation sites (N-methyl/N-ethyl adjacent to an activating group) is 1. The number of hydrogen-bond acceptors (Lipinski definition) is 3. The lowest BCUT2D eigenvalue weighted by Crippen LogP contribution is -2.48. The Morgan fingerprint density at radius 2 is 2.04 bits per heavy atom. The minimum Gasteiger partial charge on any atom is -0.355 e. The monoisotopic (exact) mass is 365 g/mol. The maximum absolute atomic E-state index is 12.3. The Balaban J connectivity index is 2.31. The van der Waals surface area contributed by atoms with Gasteiger partial charge in [0.2, 0.25) is 5.91 Å². The molecular weight excluding hydrogens is 335 g/mol. The van der Waals surface area contributed by atoms with Crippen LogP contribution in [0.25, 0.3) is 0 Å². The van der Waals surface area contributed by atoms with Crippen molar-refractivity contribution in [1.29, 1.82) is 0 Å². The van der Waals surface area contributed by atoms with Crippen LogP contribution in [0.5, 0.6) is 0 Å². The molecule has 1 rings (SSSR count). The molecule has 0 aromatic rings. The van der Waals surface area contributed by atoms with Crippen LogP contribution in [0.4, 0.5) is 13.2 Å². The summed E-state index contributed by atoms with van der Waals surface area (Å²) in [5.41, 5.74) is 0. The molecule has 25 heavy (non-hydrogen) atoms. The van der Waals surface area contributed by atoms with Gasteiger partial charge in [0.15, 0.2) is 5.96 Å². The van der Waals surface area contributed by atoms with Gasteiger partial charge in [-0.2, -0.15) is 13.2 Å². The highest BCUT2D eigenvalue weighted by atomic mass is 19.4. The summed E-state index contributed by atoms with van der Waals surface area (Å²) in [6.45, 7) is 3.34. The Kier molecular flexibility index (Phi) is 9.02. The number of carbonyl (C=O) groups excluding carboxylic acids is 1. The molecule has 1 saturated heterocycles. The van der Waals surface area contributed by atoms with Crippen LogP contribution in [0.3, 0.4) is 0 Å².